The molecule has 0 radical (unpaired) electrons. The Morgan fingerprint density at radius 3 is 2.38 bits per heavy atom. The van der Waals surface area contributed by atoms with Crippen LogP contribution in [0, 0.1) is 0 Å². The number of rotatable bonds is 6. The van der Waals surface area contributed by atoms with Gasteiger partial charge in [-0.05, 0) is 18.2 Å². The van der Waals surface area contributed by atoms with Crippen molar-refractivity contribution >= 4 is 45.6 Å². The summed E-state index contributed by atoms with van der Waals surface area (Å²) < 4.78 is 26.1. The monoisotopic (exact) mass is 355 g/mol. The van der Waals surface area contributed by atoms with Crippen LogP contribution in [0.5, 0.6) is 0 Å². The third kappa shape index (κ3) is 4.82. The molecule has 0 heterocycles. The largest absolute Gasteiger partial charge is 0.325 e. The molecule has 1 aromatic carbocycles. The molecule has 120 valence electrons. The maximum absolute atomic E-state index is 12.4. The highest BCUT2D eigenvalue weighted by molar-refractivity contribution is 7.89. The third-order valence-electron chi connectivity index (χ3n) is 2.72. The molecule has 1 amide bonds. The van der Waals surface area contributed by atoms with Gasteiger partial charge in [-0.25, -0.2) is 8.42 Å². The van der Waals surface area contributed by atoms with Gasteiger partial charge in [0.05, 0.1) is 11.6 Å². The minimum absolute atomic E-state index is 0. The van der Waals surface area contributed by atoms with E-state index < -0.39 is 15.9 Å². The summed E-state index contributed by atoms with van der Waals surface area (Å²) in [6.07, 6.45) is 0. The number of benzene rings is 1. The van der Waals surface area contributed by atoms with E-state index in [1.807, 2.05) is 0 Å². The van der Waals surface area contributed by atoms with E-state index in [2.05, 4.69) is 5.32 Å². The second-order valence-electron chi connectivity index (χ2n) is 3.99. The van der Waals surface area contributed by atoms with Crippen LogP contribution in [0.15, 0.2) is 23.1 Å². The first-order valence-corrected chi connectivity index (χ1v) is 7.98. The van der Waals surface area contributed by atoms with E-state index in [1.165, 1.54) is 22.5 Å². The first kappa shape index (κ1) is 20.1. The number of carbonyl (C=O) groups is 1. The van der Waals surface area contributed by atoms with Crippen molar-refractivity contribution in [2.24, 2.45) is 5.73 Å². The number of hydrogen-bond donors (Lipinski definition) is 2. The minimum Gasteiger partial charge on any atom is -0.325 e. The zero-order valence-electron chi connectivity index (χ0n) is 11.8. The summed E-state index contributed by atoms with van der Waals surface area (Å²) in [4.78, 5) is 11.2. The quantitative estimate of drug-likeness (QED) is 0.811. The zero-order valence-corrected chi connectivity index (χ0v) is 14.2. The van der Waals surface area contributed by atoms with Crippen LogP contribution in [-0.4, -0.2) is 38.3 Å². The lowest BCUT2D eigenvalue weighted by Crippen LogP contribution is -2.31. The van der Waals surface area contributed by atoms with Crippen LogP contribution in [0.3, 0.4) is 0 Å². The summed E-state index contributed by atoms with van der Waals surface area (Å²) >= 11 is 5.97. The fraction of sp³-hybridized carbons (Fsp3) is 0.417. The number of carbonyl (C=O) groups excluding carboxylic acids is 1. The van der Waals surface area contributed by atoms with Crippen molar-refractivity contribution in [3.63, 3.8) is 0 Å². The Bertz CT molecular complexity index is 589. The van der Waals surface area contributed by atoms with Crippen molar-refractivity contribution < 1.29 is 13.2 Å². The maximum Gasteiger partial charge on any atom is 0.244 e. The van der Waals surface area contributed by atoms with Crippen LogP contribution in [-0.2, 0) is 14.8 Å². The Kier molecular flexibility index (Phi) is 8.20. The van der Waals surface area contributed by atoms with Gasteiger partial charge in [0, 0.05) is 18.8 Å². The lowest BCUT2D eigenvalue weighted by Gasteiger charge is -2.19. The van der Waals surface area contributed by atoms with Crippen LogP contribution >= 0.6 is 24.0 Å². The first-order chi connectivity index (χ1) is 9.36. The van der Waals surface area contributed by atoms with E-state index >= 15 is 0 Å². The fourth-order valence-electron chi connectivity index (χ4n) is 1.69. The van der Waals surface area contributed by atoms with Crippen LogP contribution in [0.1, 0.15) is 13.8 Å². The summed E-state index contributed by atoms with van der Waals surface area (Å²) in [5, 5.41) is 2.61. The van der Waals surface area contributed by atoms with Crippen molar-refractivity contribution in [2.45, 2.75) is 18.7 Å². The van der Waals surface area contributed by atoms with Crippen molar-refractivity contribution in [3.8, 4) is 0 Å². The standard InChI is InChI=1S/C12H18ClN3O3S.ClH/c1-3-16(4-2)20(18,19)11-7-9(5-6-10(11)13)15-12(17)8-14;/h5-7H,3-4,8,14H2,1-2H3,(H,15,17);1H. The Morgan fingerprint density at radius 1 is 1.33 bits per heavy atom. The van der Waals surface area contributed by atoms with Gasteiger partial charge in [0.1, 0.15) is 4.90 Å². The molecular weight excluding hydrogens is 337 g/mol. The molecule has 6 nitrogen and oxygen atoms in total. The minimum atomic E-state index is -3.68. The van der Waals surface area contributed by atoms with E-state index in [4.69, 9.17) is 17.3 Å². The van der Waals surface area contributed by atoms with Gasteiger partial charge in [-0.3, -0.25) is 4.79 Å². The zero-order chi connectivity index (χ0) is 15.3. The number of nitrogens with two attached hydrogens (primary N) is 1. The van der Waals surface area contributed by atoms with Gasteiger partial charge < -0.3 is 11.1 Å². The highest BCUT2D eigenvalue weighted by atomic mass is 35.5. The Labute approximate surface area is 136 Å². The summed E-state index contributed by atoms with van der Waals surface area (Å²) in [5.74, 6) is -0.404. The predicted octanol–water partition coefficient (Wildman–Crippen LogP) is 1.69. The van der Waals surface area contributed by atoms with E-state index in [1.54, 1.807) is 13.8 Å². The molecule has 0 fully saturated rings. The fourth-order valence-corrected chi connectivity index (χ4v) is 3.65. The molecule has 0 aromatic heterocycles. The smallest absolute Gasteiger partial charge is 0.244 e. The van der Waals surface area contributed by atoms with Gasteiger partial charge in [0.15, 0.2) is 0 Å². The molecule has 1 rings (SSSR count). The molecule has 9 heteroatoms. The predicted molar refractivity (Wildman–Crippen MR) is 86.5 cm³/mol. The van der Waals surface area contributed by atoms with Gasteiger partial charge in [0.25, 0.3) is 0 Å². The number of nitrogens with zero attached hydrogens (tertiary/aromatic N) is 1. The normalized spacial score (nSPS) is 11.1. The number of hydrogen-bond acceptors (Lipinski definition) is 4. The van der Waals surface area contributed by atoms with Crippen LogP contribution in [0.25, 0.3) is 0 Å². The molecule has 0 aliphatic heterocycles. The molecule has 0 bridgehead atoms. The topological polar surface area (TPSA) is 92.5 Å². The number of sulfonamides is 1. The van der Waals surface area contributed by atoms with E-state index in [0.717, 1.165) is 0 Å². The summed E-state index contributed by atoms with van der Waals surface area (Å²) in [7, 11) is -3.68. The van der Waals surface area contributed by atoms with Gasteiger partial charge in [-0.2, -0.15) is 4.31 Å². The van der Waals surface area contributed by atoms with Crippen molar-refractivity contribution in [1.29, 1.82) is 0 Å². The summed E-state index contributed by atoms with van der Waals surface area (Å²) in [6.45, 7) is 3.99. The highest BCUT2D eigenvalue weighted by Gasteiger charge is 2.24. The number of halogens is 2. The molecule has 3 N–H and O–H groups in total. The Morgan fingerprint density at radius 2 is 1.90 bits per heavy atom. The van der Waals surface area contributed by atoms with Crippen molar-refractivity contribution in [2.75, 3.05) is 25.0 Å². The van der Waals surface area contributed by atoms with E-state index in [-0.39, 0.29) is 28.9 Å². The number of anilines is 1. The Hall–Kier alpha value is -0.860. The van der Waals surface area contributed by atoms with Crippen LogP contribution in [0.2, 0.25) is 5.02 Å². The number of amides is 1. The van der Waals surface area contributed by atoms with Crippen LogP contribution < -0.4 is 11.1 Å². The highest BCUT2D eigenvalue weighted by Crippen LogP contribution is 2.27. The average molecular weight is 356 g/mol. The van der Waals surface area contributed by atoms with Gasteiger partial charge in [-0.15, -0.1) is 12.4 Å². The van der Waals surface area contributed by atoms with Crippen molar-refractivity contribution in [3.05, 3.63) is 23.2 Å². The summed E-state index contributed by atoms with van der Waals surface area (Å²) in [6, 6.07) is 4.30. The second-order valence-corrected chi connectivity index (χ2v) is 6.30. The molecule has 0 unspecified atom stereocenters. The molecule has 0 aliphatic carbocycles. The molecule has 0 saturated heterocycles. The molecule has 21 heavy (non-hydrogen) atoms. The molecule has 0 spiro atoms. The van der Waals surface area contributed by atoms with Crippen molar-refractivity contribution in [1.82, 2.24) is 4.31 Å². The SMILES string of the molecule is CCN(CC)S(=O)(=O)c1cc(NC(=O)CN)ccc1Cl.Cl. The lowest BCUT2D eigenvalue weighted by molar-refractivity contribution is -0.114. The first-order valence-electron chi connectivity index (χ1n) is 6.16. The second kappa shape index (κ2) is 8.55. The average Bonchev–Trinajstić information content (AvgIpc) is 2.41. The molecule has 0 saturated carbocycles. The van der Waals surface area contributed by atoms with Gasteiger partial charge in [0.2, 0.25) is 15.9 Å². The van der Waals surface area contributed by atoms with E-state index in [0.29, 0.717) is 18.8 Å². The molecule has 0 atom stereocenters. The number of nitrogens with one attached hydrogen (secondary N) is 1. The third-order valence-corrected chi connectivity index (χ3v) is 5.26. The Balaban J connectivity index is 0.00000400. The van der Waals surface area contributed by atoms with Gasteiger partial charge >= 0.3 is 0 Å². The molecule has 1 aromatic rings. The maximum atomic E-state index is 12.4. The molecular formula is C12H19Cl2N3O3S. The summed E-state index contributed by atoms with van der Waals surface area (Å²) in [5.41, 5.74) is 5.54. The van der Waals surface area contributed by atoms with Gasteiger partial charge in [-0.1, -0.05) is 25.4 Å². The molecule has 0 aliphatic rings. The van der Waals surface area contributed by atoms with E-state index in [9.17, 15) is 13.2 Å². The lowest BCUT2D eigenvalue weighted by atomic mass is 10.3. The van der Waals surface area contributed by atoms with Crippen LogP contribution in [0.4, 0.5) is 5.69 Å².